The zero-order chi connectivity index (χ0) is 38.8. The summed E-state index contributed by atoms with van der Waals surface area (Å²) in [5.41, 5.74) is -3.59. The molecule has 3 aliphatic carbocycles. The first-order valence-electron chi connectivity index (χ1n) is 18.3. The summed E-state index contributed by atoms with van der Waals surface area (Å²) in [6.45, 7) is 1.31. The highest BCUT2D eigenvalue weighted by Crippen LogP contribution is 2.51. The van der Waals surface area contributed by atoms with Crippen molar-refractivity contribution >= 4 is 22.8 Å². The van der Waals surface area contributed by atoms with Crippen molar-refractivity contribution in [1.82, 2.24) is 24.8 Å². The van der Waals surface area contributed by atoms with Gasteiger partial charge in [0.15, 0.2) is 11.5 Å². The maximum atomic E-state index is 14.7. The van der Waals surface area contributed by atoms with Gasteiger partial charge in [-0.1, -0.05) is 6.92 Å². The average molecular weight is 772 g/mol. The molecule has 0 radical (unpaired) electrons. The first-order chi connectivity index (χ1) is 25.3. The van der Waals surface area contributed by atoms with Crippen molar-refractivity contribution < 1.29 is 54.6 Å². The Morgan fingerprint density at radius 3 is 2.37 bits per heavy atom. The number of carboxylic acids is 1. The zero-order valence-corrected chi connectivity index (χ0v) is 29.5. The quantitative estimate of drug-likeness (QED) is 0.222. The SMILES string of the molecule is CC1CC2CC(C1)C(NC(=O)c1cnc(-c3cn(C4CCC(F)(F)CC4)c4cc(OC5CCN(CC(F)(F)F)CC5)ccc34)nc1C(F)(F)F)(C(=O)O)C2. The second kappa shape index (κ2) is 13.9. The highest BCUT2D eigenvalue weighted by Gasteiger charge is 2.56. The molecule has 1 saturated heterocycles. The van der Waals surface area contributed by atoms with Gasteiger partial charge in [0.05, 0.1) is 17.6 Å². The number of nitrogens with one attached hydrogen (secondary N) is 1. The van der Waals surface area contributed by atoms with Crippen molar-refractivity contribution in [3.8, 4) is 17.1 Å². The second-order valence-corrected chi connectivity index (χ2v) is 15.7. The monoisotopic (exact) mass is 771 g/mol. The molecule has 4 atom stereocenters. The summed E-state index contributed by atoms with van der Waals surface area (Å²) in [5.74, 6) is -5.64. The molecule has 9 nitrogen and oxygen atoms in total. The topological polar surface area (TPSA) is 110 Å². The number of carbonyl (C=O) groups excluding carboxylic acids is 1. The Hall–Kier alpha value is -4.02. The van der Waals surface area contributed by atoms with Gasteiger partial charge >= 0.3 is 18.3 Å². The molecule has 2 N–H and O–H groups in total. The van der Waals surface area contributed by atoms with Crippen molar-refractivity contribution in [2.75, 3.05) is 19.6 Å². The first-order valence-corrected chi connectivity index (χ1v) is 18.3. The molecule has 2 aromatic heterocycles. The minimum absolute atomic E-state index is 0.0192. The lowest BCUT2D eigenvalue weighted by atomic mass is 9.78. The number of likely N-dealkylation sites (tertiary alicyclic amines) is 1. The molecule has 294 valence electrons. The van der Waals surface area contributed by atoms with E-state index in [9.17, 15) is 49.8 Å². The minimum atomic E-state index is -5.13. The Morgan fingerprint density at radius 2 is 1.72 bits per heavy atom. The smallest absolute Gasteiger partial charge is 0.434 e. The number of carbonyl (C=O) groups is 2. The molecule has 1 aromatic carbocycles. The van der Waals surface area contributed by atoms with Crippen LogP contribution < -0.4 is 10.1 Å². The van der Waals surface area contributed by atoms with Crippen LogP contribution in [0.3, 0.4) is 0 Å². The molecule has 1 amide bonds. The highest BCUT2D eigenvalue weighted by molar-refractivity contribution is 6.00. The number of hydrogen-bond acceptors (Lipinski definition) is 6. The maximum Gasteiger partial charge on any atom is 0.434 e. The van der Waals surface area contributed by atoms with E-state index in [-0.39, 0.29) is 55.6 Å². The van der Waals surface area contributed by atoms with Crippen LogP contribution in [0.5, 0.6) is 5.75 Å². The van der Waals surface area contributed by atoms with Crippen LogP contribution >= 0.6 is 0 Å². The van der Waals surface area contributed by atoms with Crippen molar-refractivity contribution in [3.63, 3.8) is 0 Å². The molecular formula is C37H41F8N5O4. The first kappa shape index (κ1) is 38.3. The summed E-state index contributed by atoms with van der Waals surface area (Å²) in [6.07, 6.45) is -5.61. The minimum Gasteiger partial charge on any atom is -0.490 e. The molecule has 17 heteroatoms. The number of rotatable bonds is 8. The van der Waals surface area contributed by atoms with E-state index in [0.29, 0.717) is 42.3 Å². The lowest BCUT2D eigenvalue weighted by molar-refractivity contribution is -0.149. The van der Waals surface area contributed by atoms with E-state index in [1.807, 2.05) is 6.92 Å². The standard InChI is InChI=1S/C37H41F8N5O4/c1-20-12-21-14-22(13-20)35(16-21,33(52)53)48-32(51)27-17-46-31(47-30(27)37(43,44)45)28-18-50(23-4-8-34(38,39)9-5-23)29-15-25(2-3-26(28)29)54-24-6-10-49(11-7-24)19-36(40,41)42/h2-3,15,17-18,20-24H,4-14,16,19H2,1H3,(H,48,51)(H,52,53). The van der Waals surface area contributed by atoms with Gasteiger partial charge in [-0.3, -0.25) is 9.69 Å². The number of halogens is 8. The van der Waals surface area contributed by atoms with Gasteiger partial charge in [-0.05, 0) is 81.3 Å². The largest absolute Gasteiger partial charge is 0.490 e. The van der Waals surface area contributed by atoms with E-state index in [0.717, 1.165) is 12.6 Å². The summed E-state index contributed by atoms with van der Waals surface area (Å²) < 4.78 is 119. The van der Waals surface area contributed by atoms with Gasteiger partial charge in [-0.15, -0.1) is 0 Å². The Labute approximate surface area is 305 Å². The molecule has 0 spiro atoms. The summed E-state index contributed by atoms with van der Waals surface area (Å²) in [7, 11) is 0. The molecule has 7 rings (SSSR count). The third-order valence-electron chi connectivity index (χ3n) is 11.7. The van der Waals surface area contributed by atoms with Gasteiger partial charge in [0, 0.05) is 61.4 Å². The van der Waals surface area contributed by atoms with Gasteiger partial charge in [-0.2, -0.15) is 26.3 Å². The van der Waals surface area contributed by atoms with Crippen LogP contribution in [0.25, 0.3) is 22.3 Å². The summed E-state index contributed by atoms with van der Waals surface area (Å²) in [4.78, 5) is 35.5. The Bertz CT molecular complexity index is 1900. The third-order valence-corrected chi connectivity index (χ3v) is 11.7. The van der Waals surface area contributed by atoms with Crippen LogP contribution in [-0.4, -0.2) is 79.8 Å². The fourth-order valence-corrected chi connectivity index (χ4v) is 9.29. The molecule has 54 heavy (non-hydrogen) atoms. The lowest BCUT2D eigenvalue weighted by Gasteiger charge is -2.33. The molecule has 2 bridgehead atoms. The molecule has 3 saturated carbocycles. The van der Waals surface area contributed by atoms with Crippen LogP contribution in [0.4, 0.5) is 35.1 Å². The number of nitrogens with zero attached hydrogens (tertiary/aromatic N) is 4. The number of hydrogen-bond donors (Lipinski definition) is 2. The number of carboxylic acid groups (broad SMARTS) is 1. The van der Waals surface area contributed by atoms with Gasteiger partial charge < -0.3 is 19.7 Å². The van der Waals surface area contributed by atoms with E-state index in [1.165, 1.54) is 11.1 Å². The molecule has 4 fully saturated rings. The highest BCUT2D eigenvalue weighted by atomic mass is 19.4. The Kier molecular flexibility index (Phi) is 9.87. The van der Waals surface area contributed by atoms with Gasteiger partial charge in [0.2, 0.25) is 5.92 Å². The normalized spacial score (nSPS) is 26.9. The van der Waals surface area contributed by atoms with E-state index >= 15 is 0 Å². The Morgan fingerprint density at radius 1 is 1.02 bits per heavy atom. The van der Waals surface area contributed by atoms with Crippen LogP contribution in [0.2, 0.25) is 0 Å². The van der Waals surface area contributed by atoms with Crippen molar-refractivity contribution in [1.29, 1.82) is 0 Å². The van der Waals surface area contributed by atoms with Gasteiger partial charge in [-0.25, -0.2) is 23.5 Å². The average Bonchev–Trinajstić information content (AvgIpc) is 3.58. The fourth-order valence-electron chi connectivity index (χ4n) is 9.29. The van der Waals surface area contributed by atoms with E-state index in [1.54, 1.807) is 22.8 Å². The van der Waals surface area contributed by atoms with Crippen molar-refractivity contribution in [3.05, 3.63) is 41.9 Å². The number of fused-ring (bicyclic) bond motifs is 3. The number of ether oxygens (including phenoxy) is 1. The predicted molar refractivity (Wildman–Crippen MR) is 179 cm³/mol. The van der Waals surface area contributed by atoms with E-state index in [2.05, 4.69) is 15.3 Å². The van der Waals surface area contributed by atoms with Crippen LogP contribution in [0, 0.1) is 17.8 Å². The number of alkyl halides is 8. The van der Waals surface area contributed by atoms with E-state index < -0.39 is 84.4 Å². The van der Waals surface area contributed by atoms with Gasteiger partial charge in [0.25, 0.3) is 5.91 Å². The van der Waals surface area contributed by atoms with Crippen LogP contribution in [-0.2, 0) is 11.0 Å². The Balaban J connectivity index is 1.21. The van der Waals surface area contributed by atoms with Crippen molar-refractivity contribution in [2.45, 2.75) is 107 Å². The molecule has 4 unspecified atom stereocenters. The number of aromatic nitrogens is 3. The molecule has 1 aliphatic heterocycles. The second-order valence-electron chi connectivity index (χ2n) is 15.7. The number of amides is 1. The number of piperidine rings is 1. The van der Waals surface area contributed by atoms with Gasteiger partial charge in [0.1, 0.15) is 17.4 Å². The predicted octanol–water partition coefficient (Wildman–Crippen LogP) is 8.28. The fraction of sp³-hybridized carbons (Fsp3) is 0.622. The van der Waals surface area contributed by atoms with Crippen LogP contribution in [0.1, 0.15) is 93.2 Å². The van der Waals surface area contributed by atoms with Crippen LogP contribution in [0.15, 0.2) is 30.6 Å². The summed E-state index contributed by atoms with van der Waals surface area (Å²) in [5, 5.41) is 13.1. The molecule has 3 aromatic rings. The maximum absolute atomic E-state index is 14.7. The molecule has 3 heterocycles. The van der Waals surface area contributed by atoms with Crippen molar-refractivity contribution in [2.24, 2.45) is 17.8 Å². The zero-order valence-electron chi connectivity index (χ0n) is 29.5. The third kappa shape index (κ3) is 7.74. The lowest BCUT2D eigenvalue weighted by Crippen LogP contribution is -2.57. The number of aliphatic carboxylic acids is 1. The molecular weight excluding hydrogens is 730 g/mol. The number of benzene rings is 1. The summed E-state index contributed by atoms with van der Waals surface area (Å²) >= 11 is 0. The summed E-state index contributed by atoms with van der Waals surface area (Å²) in [6, 6.07) is 4.34. The van der Waals surface area contributed by atoms with E-state index in [4.69, 9.17) is 4.74 Å². The molecule has 4 aliphatic rings.